The van der Waals surface area contributed by atoms with Gasteiger partial charge in [0.25, 0.3) is 11.8 Å². The van der Waals surface area contributed by atoms with Crippen LogP contribution >= 0.6 is 0 Å². The van der Waals surface area contributed by atoms with Gasteiger partial charge in [-0.1, -0.05) is 43.7 Å². The van der Waals surface area contributed by atoms with E-state index in [1.54, 1.807) is 9.80 Å². The molecular weight excluding hydrogens is 364 g/mol. The van der Waals surface area contributed by atoms with Crippen molar-refractivity contribution in [3.05, 3.63) is 53.1 Å². The third-order valence-corrected chi connectivity index (χ3v) is 5.59. The van der Waals surface area contributed by atoms with Gasteiger partial charge in [-0.25, -0.2) is 4.98 Å². The third kappa shape index (κ3) is 4.69. The molecule has 3 rings (SSSR count). The van der Waals surface area contributed by atoms with Crippen LogP contribution in [0.4, 0.5) is 0 Å². The maximum absolute atomic E-state index is 13.3. The molecule has 0 saturated heterocycles. The number of amides is 2. The van der Waals surface area contributed by atoms with Gasteiger partial charge in [0, 0.05) is 33.2 Å². The number of rotatable bonds is 8. The second-order valence-corrected chi connectivity index (χ2v) is 7.72. The molecule has 1 aromatic heterocycles. The van der Waals surface area contributed by atoms with Crippen LogP contribution in [0, 0.1) is 0 Å². The first-order valence-electron chi connectivity index (χ1n) is 10.7. The van der Waals surface area contributed by atoms with Crippen molar-refractivity contribution in [2.75, 3.05) is 20.1 Å². The first-order valence-corrected chi connectivity index (χ1v) is 10.7. The Morgan fingerprint density at radius 1 is 1.10 bits per heavy atom. The van der Waals surface area contributed by atoms with E-state index in [0.717, 1.165) is 49.9 Å². The van der Waals surface area contributed by atoms with E-state index in [4.69, 9.17) is 0 Å². The fourth-order valence-electron chi connectivity index (χ4n) is 3.83. The van der Waals surface area contributed by atoms with E-state index in [-0.39, 0.29) is 11.8 Å². The summed E-state index contributed by atoms with van der Waals surface area (Å²) in [7, 11) is 1.82. The summed E-state index contributed by atoms with van der Waals surface area (Å²) in [4.78, 5) is 34.5. The Balaban J connectivity index is 1.89. The van der Waals surface area contributed by atoms with Gasteiger partial charge in [-0.3, -0.25) is 9.59 Å². The van der Waals surface area contributed by atoms with E-state index in [1.165, 1.54) is 0 Å². The summed E-state index contributed by atoms with van der Waals surface area (Å²) < 4.78 is 1.99. The largest absolute Gasteiger partial charge is 0.340 e. The molecule has 2 amide bonds. The van der Waals surface area contributed by atoms with Crippen LogP contribution in [0.1, 0.15) is 71.9 Å². The topological polar surface area (TPSA) is 58.4 Å². The molecule has 0 fully saturated rings. The second-order valence-electron chi connectivity index (χ2n) is 7.72. The predicted octanol–water partition coefficient (Wildman–Crippen LogP) is 3.75. The average molecular weight is 397 g/mol. The number of carbonyl (C=O) groups is 2. The van der Waals surface area contributed by atoms with Gasteiger partial charge < -0.3 is 14.4 Å². The maximum atomic E-state index is 13.3. The van der Waals surface area contributed by atoms with Crippen LogP contribution in [0.15, 0.2) is 30.3 Å². The molecule has 0 spiro atoms. The van der Waals surface area contributed by atoms with Crippen LogP contribution in [-0.2, 0) is 19.5 Å². The zero-order chi connectivity index (χ0) is 20.8. The minimum atomic E-state index is -0.102. The van der Waals surface area contributed by atoms with Gasteiger partial charge in [-0.2, -0.15) is 0 Å². The molecule has 0 N–H and O–H groups in total. The van der Waals surface area contributed by atoms with Crippen molar-refractivity contribution in [2.24, 2.45) is 0 Å². The van der Waals surface area contributed by atoms with Gasteiger partial charge in [0.1, 0.15) is 5.69 Å². The fraction of sp³-hybridized carbons (Fsp3) is 0.522. The lowest BCUT2D eigenvalue weighted by atomic mass is 10.1. The van der Waals surface area contributed by atoms with Crippen molar-refractivity contribution < 1.29 is 9.59 Å². The Hall–Kier alpha value is -2.63. The van der Waals surface area contributed by atoms with E-state index >= 15 is 0 Å². The number of hydrogen-bond acceptors (Lipinski definition) is 3. The monoisotopic (exact) mass is 396 g/mol. The first kappa shape index (κ1) is 21.1. The summed E-state index contributed by atoms with van der Waals surface area (Å²) in [5.41, 5.74) is 2.47. The number of nitrogens with zero attached hydrogens (tertiary/aromatic N) is 4. The van der Waals surface area contributed by atoms with Gasteiger partial charge in [0.05, 0.1) is 5.69 Å². The Labute approximate surface area is 173 Å². The fourth-order valence-corrected chi connectivity index (χ4v) is 3.83. The summed E-state index contributed by atoms with van der Waals surface area (Å²) in [6.07, 6.45) is 4.83. The van der Waals surface area contributed by atoms with Crippen LogP contribution in [0.5, 0.6) is 0 Å². The molecule has 0 bridgehead atoms. The van der Waals surface area contributed by atoms with Gasteiger partial charge >= 0.3 is 0 Å². The molecule has 0 unspecified atom stereocenters. The van der Waals surface area contributed by atoms with Crippen LogP contribution in [0.25, 0.3) is 0 Å². The third-order valence-electron chi connectivity index (χ3n) is 5.59. The highest BCUT2D eigenvalue weighted by molar-refractivity contribution is 5.97. The molecule has 1 aliphatic heterocycles. The van der Waals surface area contributed by atoms with Gasteiger partial charge in [-0.15, -0.1) is 0 Å². The summed E-state index contributed by atoms with van der Waals surface area (Å²) >= 11 is 0. The molecular formula is C23H32N4O2. The van der Waals surface area contributed by atoms with Crippen molar-refractivity contribution in [3.8, 4) is 0 Å². The molecule has 6 heteroatoms. The zero-order valence-electron chi connectivity index (χ0n) is 17.9. The Morgan fingerprint density at radius 3 is 2.55 bits per heavy atom. The SMILES string of the molecule is CCCCN(C)C(=O)c1nc(C(=O)N(CC)Cc2ccccc2)n2c1CCCC2. The molecule has 0 atom stereocenters. The van der Waals surface area contributed by atoms with Gasteiger partial charge in [0.2, 0.25) is 0 Å². The molecule has 6 nitrogen and oxygen atoms in total. The van der Waals surface area contributed by atoms with Gasteiger partial charge in [0.15, 0.2) is 5.82 Å². The highest BCUT2D eigenvalue weighted by Crippen LogP contribution is 2.23. The zero-order valence-corrected chi connectivity index (χ0v) is 17.9. The minimum absolute atomic E-state index is 0.0748. The Morgan fingerprint density at radius 2 is 1.86 bits per heavy atom. The molecule has 1 aliphatic rings. The van der Waals surface area contributed by atoms with Crippen molar-refractivity contribution in [1.82, 2.24) is 19.4 Å². The smallest absolute Gasteiger partial charge is 0.290 e. The van der Waals surface area contributed by atoms with Crippen molar-refractivity contribution >= 4 is 11.8 Å². The highest BCUT2D eigenvalue weighted by atomic mass is 16.2. The minimum Gasteiger partial charge on any atom is -0.340 e. The summed E-state index contributed by atoms with van der Waals surface area (Å²) in [6.45, 7) is 6.68. The molecule has 0 saturated carbocycles. The number of hydrogen-bond donors (Lipinski definition) is 0. The van der Waals surface area contributed by atoms with Crippen LogP contribution in [0.3, 0.4) is 0 Å². The molecule has 0 radical (unpaired) electrons. The lowest BCUT2D eigenvalue weighted by molar-refractivity contribution is 0.0734. The Bertz CT molecular complexity index is 844. The van der Waals surface area contributed by atoms with Crippen molar-refractivity contribution in [2.45, 2.75) is 59.0 Å². The van der Waals surface area contributed by atoms with Crippen LogP contribution in [0.2, 0.25) is 0 Å². The Kier molecular flexibility index (Phi) is 7.07. The van der Waals surface area contributed by atoms with E-state index in [1.807, 2.05) is 48.9 Å². The molecule has 0 aliphatic carbocycles. The number of imidazole rings is 1. The van der Waals surface area contributed by atoms with Crippen LogP contribution in [-0.4, -0.2) is 51.3 Å². The van der Waals surface area contributed by atoms with Crippen LogP contribution < -0.4 is 0 Å². The average Bonchev–Trinajstić information content (AvgIpc) is 3.15. The molecule has 1 aromatic carbocycles. The first-order chi connectivity index (χ1) is 14.1. The second kappa shape index (κ2) is 9.72. The molecule has 156 valence electrons. The number of aromatic nitrogens is 2. The summed E-state index contributed by atoms with van der Waals surface area (Å²) in [6, 6.07) is 9.98. The van der Waals surface area contributed by atoms with Gasteiger partial charge in [-0.05, 0) is 38.2 Å². The van der Waals surface area contributed by atoms with E-state index in [2.05, 4.69) is 11.9 Å². The summed E-state index contributed by atoms with van der Waals surface area (Å²) in [5.74, 6) is 0.230. The van der Waals surface area contributed by atoms with E-state index in [0.29, 0.717) is 31.2 Å². The maximum Gasteiger partial charge on any atom is 0.290 e. The normalized spacial score (nSPS) is 13.1. The number of benzene rings is 1. The van der Waals surface area contributed by atoms with Crippen molar-refractivity contribution in [3.63, 3.8) is 0 Å². The highest BCUT2D eigenvalue weighted by Gasteiger charge is 2.30. The quantitative estimate of drug-likeness (QED) is 0.683. The van der Waals surface area contributed by atoms with E-state index in [9.17, 15) is 9.59 Å². The predicted molar refractivity (Wildman–Crippen MR) is 114 cm³/mol. The molecule has 2 heterocycles. The number of unbranched alkanes of at least 4 members (excludes halogenated alkanes) is 1. The molecule has 29 heavy (non-hydrogen) atoms. The number of carbonyl (C=O) groups excluding carboxylic acids is 2. The standard InChI is InChI=1S/C23H32N4O2/c1-4-6-15-25(3)22(28)20-19-14-10-11-16-27(19)21(24-20)23(29)26(5-2)17-18-12-8-7-9-13-18/h7-9,12-13H,4-6,10-11,14-17H2,1-3H3. The molecule has 2 aromatic rings. The van der Waals surface area contributed by atoms with Crippen molar-refractivity contribution in [1.29, 1.82) is 0 Å². The summed E-state index contributed by atoms with van der Waals surface area (Å²) in [5, 5.41) is 0. The van der Waals surface area contributed by atoms with E-state index < -0.39 is 0 Å². The lowest BCUT2D eigenvalue weighted by Gasteiger charge is -2.23. The lowest BCUT2D eigenvalue weighted by Crippen LogP contribution is -2.33. The number of fused-ring (bicyclic) bond motifs is 1.